The second-order valence-electron chi connectivity index (χ2n) is 2.97. The number of hydrogen-bond acceptors (Lipinski definition) is 4. The summed E-state index contributed by atoms with van der Waals surface area (Å²) in [6, 6.07) is 3.10. The first-order chi connectivity index (χ1) is 7.54. The fourth-order valence-electron chi connectivity index (χ4n) is 1.01. The van der Waals surface area contributed by atoms with E-state index in [2.05, 4.69) is 26.5 Å². The van der Waals surface area contributed by atoms with Gasteiger partial charge in [-0.2, -0.15) is 5.10 Å². The molecule has 0 aromatic heterocycles. The number of carbonyl (C=O) groups excluding carboxylic acids is 1. The Morgan fingerprint density at radius 3 is 2.88 bits per heavy atom. The van der Waals surface area contributed by atoms with Crippen molar-refractivity contribution in [3.63, 3.8) is 0 Å². The Kier molecular flexibility index (Phi) is 4.30. The zero-order chi connectivity index (χ0) is 12.1. The fourth-order valence-corrected chi connectivity index (χ4v) is 1.45. The van der Waals surface area contributed by atoms with Gasteiger partial charge in [-0.25, -0.2) is 5.43 Å². The molecule has 0 heterocycles. The van der Waals surface area contributed by atoms with E-state index in [4.69, 9.17) is 4.74 Å². The van der Waals surface area contributed by atoms with Gasteiger partial charge < -0.3 is 9.84 Å². The van der Waals surface area contributed by atoms with Gasteiger partial charge in [0.1, 0.15) is 0 Å². The molecule has 0 saturated carbocycles. The number of phenols is 1. The maximum Gasteiger partial charge on any atom is 0.236 e. The molecule has 1 amide bonds. The minimum Gasteiger partial charge on any atom is -0.504 e. The summed E-state index contributed by atoms with van der Waals surface area (Å²) in [6.07, 6.45) is 1.45. The molecule has 0 radical (unpaired) electrons. The van der Waals surface area contributed by atoms with Gasteiger partial charge in [0.2, 0.25) is 5.91 Å². The molecule has 0 unspecified atom stereocenters. The number of hydrazone groups is 1. The number of benzene rings is 1. The molecule has 0 bridgehead atoms. The number of nitrogens with zero attached hydrogens (tertiary/aromatic N) is 1. The van der Waals surface area contributed by atoms with Crippen LogP contribution in [-0.4, -0.2) is 24.3 Å². The van der Waals surface area contributed by atoms with Crippen LogP contribution in [0.25, 0.3) is 0 Å². The Morgan fingerprint density at radius 1 is 1.62 bits per heavy atom. The van der Waals surface area contributed by atoms with Gasteiger partial charge in [-0.3, -0.25) is 4.79 Å². The van der Waals surface area contributed by atoms with Gasteiger partial charge in [0.25, 0.3) is 0 Å². The molecule has 0 spiro atoms. The normalized spacial score (nSPS) is 10.4. The van der Waals surface area contributed by atoms with Crippen molar-refractivity contribution in [1.82, 2.24) is 5.43 Å². The van der Waals surface area contributed by atoms with Crippen molar-refractivity contribution in [3.8, 4) is 11.5 Å². The van der Waals surface area contributed by atoms with Gasteiger partial charge in [-0.1, -0.05) is 0 Å². The summed E-state index contributed by atoms with van der Waals surface area (Å²) < 4.78 is 5.60. The van der Waals surface area contributed by atoms with E-state index in [1.165, 1.54) is 26.3 Å². The number of phenolic OH excluding ortho intramolecular Hbond substituents is 1. The molecule has 0 fully saturated rings. The number of nitrogens with one attached hydrogen (secondary N) is 1. The van der Waals surface area contributed by atoms with Gasteiger partial charge in [0.05, 0.1) is 13.3 Å². The molecule has 0 aliphatic heterocycles. The third-order valence-electron chi connectivity index (χ3n) is 1.72. The highest BCUT2D eigenvalue weighted by Crippen LogP contribution is 2.31. The van der Waals surface area contributed by atoms with Crippen molar-refractivity contribution in [3.05, 3.63) is 22.2 Å². The van der Waals surface area contributed by atoms with Gasteiger partial charge >= 0.3 is 0 Å². The van der Waals surface area contributed by atoms with Gasteiger partial charge in [0, 0.05) is 17.0 Å². The average Bonchev–Trinajstić information content (AvgIpc) is 2.20. The van der Waals surface area contributed by atoms with Crippen molar-refractivity contribution >= 4 is 28.1 Å². The van der Waals surface area contributed by atoms with Crippen LogP contribution in [0.1, 0.15) is 12.5 Å². The summed E-state index contributed by atoms with van der Waals surface area (Å²) in [5.74, 6) is 0.122. The number of amides is 1. The van der Waals surface area contributed by atoms with Crippen LogP contribution < -0.4 is 10.2 Å². The highest BCUT2D eigenvalue weighted by Gasteiger charge is 2.06. The first kappa shape index (κ1) is 12.5. The largest absolute Gasteiger partial charge is 0.504 e. The maximum atomic E-state index is 10.6. The third-order valence-corrected chi connectivity index (χ3v) is 2.41. The topological polar surface area (TPSA) is 70.9 Å². The number of methoxy groups -OCH3 is 1. The van der Waals surface area contributed by atoms with E-state index in [-0.39, 0.29) is 11.7 Å². The molecular weight excluding hydrogens is 276 g/mol. The zero-order valence-corrected chi connectivity index (χ0v) is 10.4. The second-order valence-corrected chi connectivity index (χ2v) is 3.83. The predicted molar refractivity (Wildman–Crippen MR) is 63.8 cm³/mol. The van der Waals surface area contributed by atoms with Crippen LogP contribution in [0.15, 0.2) is 21.7 Å². The fraction of sp³-hybridized carbons (Fsp3) is 0.200. The van der Waals surface area contributed by atoms with E-state index in [9.17, 15) is 9.90 Å². The Bertz CT molecular complexity index is 432. The highest BCUT2D eigenvalue weighted by atomic mass is 79.9. The summed E-state index contributed by atoms with van der Waals surface area (Å²) >= 11 is 3.26. The Hall–Kier alpha value is -1.56. The lowest BCUT2D eigenvalue weighted by Crippen LogP contribution is -2.12. The van der Waals surface area contributed by atoms with Crippen molar-refractivity contribution in [2.45, 2.75) is 6.92 Å². The number of carbonyl (C=O) groups is 1. The first-order valence-electron chi connectivity index (χ1n) is 4.40. The standard InChI is InChI=1S/C10H11BrN2O3/c1-6(14)13-12-5-7-3-10(16-2)9(15)4-8(7)11/h3-5,15H,1-2H3,(H,13,14)/b12-5+. The monoisotopic (exact) mass is 286 g/mol. The van der Waals surface area contributed by atoms with E-state index in [1.54, 1.807) is 6.07 Å². The molecule has 6 heteroatoms. The lowest BCUT2D eigenvalue weighted by atomic mass is 10.2. The van der Waals surface area contributed by atoms with Crippen LogP contribution in [-0.2, 0) is 4.79 Å². The first-order valence-corrected chi connectivity index (χ1v) is 5.20. The quantitative estimate of drug-likeness (QED) is 0.655. The highest BCUT2D eigenvalue weighted by molar-refractivity contribution is 9.10. The lowest BCUT2D eigenvalue weighted by Gasteiger charge is -2.05. The van der Waals surface area contributed by atoms with E-state index in [0.717, 1.165) is 0 Å². The van der Waals surface area contributed by atoms with Crippen LogP contribution in [0, 0.1) is 0 Å². The molecular formula is C10H11BrN2O3. The van der Waals surface area contributed by atoms with Gasteiger partial charge in [-0.05, 0) is 28.1 Å². The maximum absolute atomic E-state index is 10.6. The molecule has 2 N–H and O–H groups in total. The summed E-state index contributed by atoms with van der Waals surface area (Å²) in [5.41, 5.74) is 2.96. The number of halogens is 1. The van der Waals surface area contributed by atoms with Crippen LogP contribution in [0.5, 0.6) is 11.5 Å². The number of hydrogen-bond donors (Lipinski definition) is 2. The molecule has 5 nitrogen and oxygen atoms in total. The molecule has 1 rings (SSSR count). The molecule has 0 atom stereocenters. The van der Waals surface area contributed by atoms with Crippen molar-refractivity contribution in [2.75, 3.05) is 7.11 Å². The van der Waals surface area contributed by atoms with Gasteiger partial charge in [-0.15, -0.1) is 0 Å². The Balaban J connectivity index is 2.95. The summed E-state index contributed by atoms with van der Waals surface area (Å²) in [6.45, 7) is 1.36. The molecule has 0 aliphatic rings. The average molecular weight is 287 g/mol. The van der Waals surface area contributed by atoms with E-state index < -0.39 is 0 Å². The Labute approximate surface area is 101 Å². The number of rotatable bonds is 3. The summed E-state index contributed by atoms with van der Waals surface area (Å²) in [4.78, 5) is 10.6. The summed E-state index contributed by atoms with van der Waals surface area (Å²) in [7, 11) is 1.46. The SMILES string of the molecule is COc1cc(/C=N/NC(C)=O)c(Br)cc1O. The van der Waals surface area contributed by atoms with Crippen LogP contribution >= 0.6 is 15.9 Å². The van der Waals surface area contributed by atoms with E-state index in [0.29, 0.717) is 15.8 Å². The zero-order valence-electron chi connectivity index (χ0n) is 8.82. The van der Waals surface area contributed by atoms with Crippen molar-refractivity contribution < 1.29 is 14.6 Å². The molecule has 86 valence electrons. The third kappa shape index (κ3) is 3.23. The second kappa shape index (κ2) is 5.50. The predicted octanol–water partition coefficient (Wildman–Crippen LogP) is 1.63. The molecule has 16 heavy (non-hydrogen) atoms. The molecule has 0 saturated heterocycles. The molecule has 0 aliphatic carbocycles. The van der Waals surface area contributed by atoms with Crippen LogP contribution in [0.4, 0.5) is 0 Å². The Morgan fingerprint density at radius 2 is 2.31 bits per heavy atom. The van der Waals surface area contributed by atoms with E-state index >= 15 is 0 Å². The molecule has 1 aromatic rings. The number of aromatic hydroxyl groups is 1. The summed E-state index contributed by atoms with van der Waals surface area (Å²) in [5, 5.41) is 13.2. The van der Waals surface area contributed by atoms with Crippen molar-refractivity contribution in [2.24, 2.45) is 5.10 Å². The van der Waals surface area contributed by atoms with Crippen molar-refractivity contribution in [1.29, 1.82) is 0 Å². The smallest absolute Gasteiger partial charge is 0.236 e. The van der Waals surface area contributed by atoms with Crippen LogP contribution in [0.3, 0.4) is 0 Å². The number of ether oxygens (including phenoxy) is 1. The lowest BCUT2D eigenvalue weighted by molar-refractivity contribution is -0.118. The van der Waals surface area contributed by atoms with Crippen LogP contribution in [0.2, 0.25) is 0 Å². The molecule has 1 aromatic carbocycles. The minimum atomic E-state index is -0.252. The van der Waals surface area contributed by atoms with Gasteiger partial charge in [0.15, 0.2) is 11.5 Å². The van der Waals surface area contributed by atoms with E-state index in [1.807, 2.05) is 0 Å². The minimum absolute atomic E-state index is 0.0334.